The van der Waals surface area contributed by atoms with Gasteiger partial charge in [-0.25, -0.2) is 0 Å². The maximum atomic E-state index is 9.08. The van der Waals surface area contributed by atoms with Crippen molar-refractivity contribution in [1.82, 2.24) is 0 Å². The lowest BCUT2D eigenvalue weighted by Crippen LogP contribution is -2.20. The predicted octanol–water partition coefficient (Wildman–Crippen LogP) is 0.731. The Morgan fingerprint density at radius 3 is 3.07 bits per heavy atom. The van der Waals surface area contributed by atoms with Crippen molar-refractivity contribution in [2.75, 3.05) is 19.8 Å². The van der Waals surface area contributed by atoms with Crippen LogP contribution in [0.1, 0.15) is 11.1 Å². The third kappa shape index (κ3) is 2.30. The molecule has 1 unspecified atom stereocenters. The van der Waals surface area contributed by atoms with Crippen molar-refractivity contribution in [3.8, 4) is 5.75 Å². The summed E-state index contributed by atoms with van der Waals surface area (Å²) in [6.45, 7) is 1.48. The van der Waals surface area contributed by atoms with E-state index in [0.717, 1.165) is 25.2 Å². The van der Waals surface area contributed by atoms with E-state index >= 15 is 0 Å². The molecule has 3 nitrogen and oxygen atoms in total. The summed E-state index contributed by atoms with van der Waals surface area (Å²) in [5.41, 5.74) is 8.08. The Morgan fingerprint density at radius 2 is 2.33 bits per heavy atom. The lowest BCUT2D eigenvalue weighted by atomic mass is 9.98. The van der Waals surface area contributed by atoms with Gasteiger partial charge in [0.15, 0.2) is 0 Å². The van der Waals surface area contributed by atoms with Gasteiger partial charge in [-0.3, -0.25) is 0 Å². The van der Waals surface area contributed by atoms with Gasteiger partial charge in [0.2, 0.25) is 0 Å². The van der Waals surface area contributed by atoms with Crippen molar-refractivity contribution in [3.63, 3.8) is 0 Å². The largest absolute Gasteiger partial charge is 0.493 e. The van der Waals surface area contributed by atoms with Crippen molar-refractivity contribution in [2.24, 2.45) is 11.7 Å². The Balaban J connectivity index is 2.09. The molecule has 0 saturated carbocycles. The molecule has 0 aliphatic carbocycles. The van der Waals surface area contributed by atoms with E-state index in [0.29, 0.717) is 6.54 Å². The Hall–Kier alpha value is -1.06. The van der Waals surface area contributed by atoms with Crippen LogP contribution >= 0.6 is 0 Å². The average Bonchev–Trinajstić information content (AvgIpc) is 2.73. The monoisotopic (exact) mass is 207 g/mol. The molecule has 1 atom stereocenters. The summed E-state index contributed by atoms with van der Waals surface area (Å²) in [5.74, 6) is 1.18. The lowest BCUT2D eigenvalue weighted by Gasteiger charge is -2.11. The Bertz CT molecular complexity index is 334. The van der Waals surface area contributed by atoms with Crippen LogP contribution in [-0.2, 0) is 12.8 Å². The molecular weight excluding hydrogens is 190 g/mol. The van der Waals surface area contributed by atoms with E-state index in [2.05, 4.69) is 12.1 Å². The minimum absolute atomic E-state index is 0.157. The Morgan fingerprint density at radius 1 is 1.47 bits per heavy atom. The molecule has 0 saturated heterocycles. The fourth-order valence-corrected chi connectivity index (χ4v) is 1.92. The molecule has 0 amide bonds. The van der Waals surface area contributed by atoms with Crippen LogP contribution in [0.4, 0.5) is 0 Å². The summed E-state index contributed by atoms with van der Waals surface area (Å²) in [6, 6.07) is 6.24. The first kappa shape index (κ1) is 10.5. The highest BCUT2D eigenvalue weighted by Gasteiger charge is 2.13. The molecule has 1 aromatic carbocycles. The zero-order chi connectivity index (χ0) is 10.7. The SMILES string of the molecule is NCC(CO)Cc1ccc2c(c1)CCO2. The molecule has 2 rings (SSSR count). The van der Waals surface area contributed by atoms with Gasteiger partial charge in [-0.05, 0) is 36.1 Å². The number of ether oxygens (including phenoxy) is 1. The summed E-state index contributed by atoms with van der Waals surface area (Å²) in [6.07, 6.45) is 1.84. The zero-order valence-corrected chi connectivity index (χ0v) is 8.78. The first-order valence-electron chi connectivity index (χ1n) is 5.39. The van der Waals surface area contributed by atoms with Crippen molar-refractivity contribution >= 4 is 0 Å². The number of nitrogens with two attached hydrogens (primary N) is 1. The van der Waals surface area contributed by atoms with Crippen molar-refractivity contribution in [1.29, 1.82) is 0 Å². The molecule has 3 N–H and O–H groups in total. The van der Waals surface area contributed by atoms with E-state index in [4.69, 9.17) is 15.6 Å². The number of hydrogen-bond acceptors (Lipinski definition) is 3. The minimum atomic E-state index is 0.157. The molecule has 0 bridgehead atoms. The average molecular weight is 207 g/mol. The number of benzene rings is 1. The molecule has 15 heavy (non-hydrogen) atoms. The highest BCUT2D eigenvalue weighted by atomic mass is 16.5. The van der Waals surface area contributed by atoms with E-state index in [9.17, 15) is 0 Å². The standard InChI is InChI=1S/C12H17NO2/c13-7-10(8-14)5-9-1-2-12-11(6-9)3-4-15-12/h1-2,6,10,14H,3-5,7-8,13H2. The van der Waals surface area contributed by atoms with Crippen LogP contribution in [0.5, 0.6) is 5.75 Å². The van der Waals surface area contributed by atoms with Gasteiger partial charge < -0.3 is 15.6 Å². The van der Waals surface area contributed by atoms with Crippen LogP contribution in [0.2, 0.25) is 0 Å². The topological polar surface area (TPSA) is 55.5 Å². The smallest absolute Gasteiger partial charge is 0.122 e. The minimum Gasteiger partial charge on any atom is -0.493 e. The van der Waals surface area contributed by atoms with Crippen molar-refractivity contribution in [3.05, 3.63) is 29.3 Å². The highest BCUT2D eigenvalue weighted by molar-refractivity contribution is 5.39. The maximum Gasteiger partial charge on any atom is 0.122 e. The van der Waals surface area contributed by atoms with E-state index in [-0.39, 0.29) is 12.5 Å². The fraction of sp³-hybridized carbons (Fsp3) is 0.500. The predicted molar refractivity (Wildman–Crippen MR) is 59.0 cm³/mol. The lowest BCUT2D eigenvalue weighted by molar-refractivity contribution is 0.230. The van der Waals surface area contributed by atoms with Gasteiger partial charge in [-0.1, -0.05) is 12.1 Å². The molecule has 0 spiro atoms. The third-order valence-electron chi connectivity index (χ3n) is 2.87. The van der Waals surface area contributed by atoms with Crippen LogP contribution < -0.4 is 10.5 Å². The van der Waals surface area contributed by atoms with E-state index in [1.807, 2.05) is 6.07 Å². The maximum absolute atomic E-state index is 9.08. The molecule has 3 heteroatoms. The van der Waals surface area contributed by atoms with E-state index < -0.39 is 0 Å². The second-order valence-corrected chi connectivity index (χ2v) is 4.03. The summed E-state index contributed by atoms with van der Waals surface area (Å²) in [7, 11) is 0. The van der Waals surface area contributed by atoms with E-state index in [1.54, 1.807) is 0 Å². The van der Waals surface area contributed by atoms with Gasteiger partial charge in [0.25, 0.3) is 0 Å². The first-order chi connectivity index (χ1) is 7.33. The molecule has 0 radical (unpaired) electrons. The highest BCUT2D eigenvalue weighted by Crippen LogP contribution is 2.26. The third-order valence-corrected chi connectivity index (χ3v) is 2.87. The van der Waals surface area contributed by atoms with Gasteiger partial charge in [0, 0.05) is 13.0 Å². The second-order valence-electron chi connectivity index (χ2n) is 4.03. The van der Waals surface area contributed by atoms with Gasteiger partial charge in [0.05, 0.1) is 6.61 Å². The summed E-state index contributed by atoms with van der Waals surface area (Å²) >= 11 is 0. The van der Waals surface area contributed by atoms with Gasteiger partial charge in [-0.15, -0.1) is 0 Å². The van der Waals surface area contributed by atoms with Crippen molar-refractivity contribution < 1.29 is 9.84 Å². The molecule has 0 fully saturated rings. The molecule has 1 aliphatic rings. The van der Waals surface area contributed by atoms with Gasteiger partial charge in [-0.2, -0.15) is 0 Å². The van der Waals surface area contributed by atoms with Gasteiger partial charge in [0.1, 0.15) is 5.75 Å². The molecule has 0 aromatic heterocycles. The zero-order valence-electron chi connectivity index (χ0n) is 8.78. The van der Waals surface area contributed by atoms with Crippen LogP contribution in [-0.4, -0.2) is 24.9 Å². The second kappa shape index (κ2) is 4.64. The van der Waals surface area contributed by atoms with Crippen LogP contribution in [0.15, 0.2) is 18.2 Å². The number of rotatable bonds is 4. The molecular formula is C12H17NO2. The quantitative estimate of drug-likeness (QED) is 0.765. The summed E-state index contributed by atoms with van der Waals surface area (Å²) < 4.78 is 5.44. The van der Waals surface area contributed by atoms with Gasteiger partial charge >= 0.3 is 0 Å². The Kier molecular flexibility index (Phi) is 3.23. The van der Waals surface area contributed by atoms with Crippen LogP contribution in [0.25, 0.3) is 0 Å². The first-order valence-corrected chi connectivity index (χ1v) is 5.39. The van der Waals surface area contributed by atoms with Crippen LogP contribution in [0, 0.1) is 5.92 Å². The molecule has 1 aliphatic heterocycles. The molecule has 1 heterocycles. The van der Waals surface area contributed by atoms with Crippen LogP contribution in [0.3, 0.4) is 0 Å². The normalized spacial score (nSPS) is 15.9. The molecule has 82 valence electrons. The molecule has 1 aromatic rings. The number of aliphatic hydroxyl groups excluding tert-OH is 1. The summed E-state index contributed by atoms with van der Waals surface area (Å²) in [4.78, 5) is 0. The van der Waals surface area contributed by atoms with E-state index in [1.165, 1.54) is 11.1 Å². The summed E-state index contributed by atoms with van der Waals surface area (Å²) in [5, 5.41) is 9.08. The number of aliphatic hydroxyl groups is 1. The Labute approximate surface area is 89.9 Å². The van der Waals surface area contributed by atoms with Crippen molar-refractivity contribution in [2.45, 2.75) is 12.8 Å². The number of fused-ring (bicyclic) bond motifs is 1. The fourth-order valence-electron chi connectivity index (χ4n) is 1.92. The number of hydrogen-bond donors (Lipinski definition) is 2.